The van der Waals surface area contributed by atoms with Crippen molar-refractivity contribution in [3.63, 3.8) is 0 Å². The van der Waals surface area contributed by atoms with E-state index >= 15 is 0 Å². The zero-order chi connectivity index (χ0) is 26.9. The molecular formula is C27H26F2N4O4S. The number of hydrogen-bond acceptors (Lipinski definition) is 8. The summed E-state index contributed by atoms with van der Waals surface area (Å²) in [6.07, 6.45) is 3.25. The van der Waals surface area contributed by atoms with Crippen molar-refractivity contribution in [3.8, 4) is 0 Å². The first-order valence-electron chi connectivity index (χ1n) is 12.2. The van der Waals surface area contributed by atoms with Gasteiger partial charge in [-0.3, -0.25) is 4.79 Å². The lowest BCUT2D eigenvalue weighted by Crippen LogP contribution is -2.31. The molecule has 5 rings (SSSR count). The van der Waals surface area contributed by atoms with E-state index in [1.165, 1.54) is 25.3 Å². The molecule has 0 amide bonds. The van der Waals surface area contributed by atoms with Gasteiger partial charge in [-0.2, -0.15) is 4.98 Å². The number of esters is 1. The minimum Gasteiger partial charge on any atom is -0.469 e. The van der Waals surface area contributed by atoms with Crippen molar-refractivity contribution in [2.24, 2.45) is 0 Å². The van der Waals surface area contributed by atoms with Gasteiger partial charge in [0.2, 0.25) is 5.95 Å². The lowest BCUT2D eigenvalue weighted by molar-refractivity contribution is -0.139. The molecule has 3 aromatic rings. The van der Waals surface area contributed by atoms with Crippen LogP contribution in [0.3, 0.4) is 0 Å². The first-order chi connectivity index (χ1) is 18.2. The Morgan fingerprint density at radius 1 is 1.11 bits per heavy atom. The number of nitrogens with zero attached hydrogens (tertiary/aromatic N) is 3. The molecule has 0 spiro atoms. The van der Waals surface area contributed by atoms with Gasteiger partial charge < -0.3 is 15.0 Å². The number of methoxy groups -OCH3 is 1. The molecule has 1 aromatic heterocycles. The van der Waals surface area contributed by atoms with E-state index in [9.17, 15) is 22.0 Å². The first kappa shape index (κ1) is 25.8. The summed E-state index contributed by atoms with van der Waals surface area (Å²) in [6.45, 7) is 0.910. The van der Waals surface area contributed by atoms with Gasteiger partial charge in [0.25, 0.3) is 0 Å². The Balaban J connectivity index is 1.47. The Morgan fingerprint density at radius 2 is 1.92 bits per heavy atom. The summed E-state index contributed by atoms with van der Waals surface area (Å²) in [5.74, 6) is -1.17. The fourth-order valence-corrected chi connectivity index (χ4v) is 6.32. The van der Waals surface area contributed by atoms with Crippen LogP contribution in [0.5, 0.6) is 0 Å². The van der Waals surface area contributed by atoms with Crippen molar-refractivity contribution in [2.45, 2.75) is 30.6 Å². The fourth-order valence-electron chi connectivity index (χ4n) is 4.69. The molecule has 0 radical (unpaired) electrons. The molecule has 2 aliphatic heterocycles. The van der Waals surface area contributed by atoms with Gasteiger partial charge in [-0.1, -0.05) is 30.3 Å². The van der Waals surface area contributed by atoms with Gasteiger partial charge in [0, 0.05) is 18.7 Å². The van der Waals surface area contributed by atoms with E-state index in [0.717, 1.165) is 5.57 Å². The van der Waals surface area contributed by atoms with Crippen LogP contribution < -0.4 is 10.2 Å². The Bertz CT molecular complexity index is 1540. The van der Waals surface area contributed by atoms with Crippen LogP contribution in [0.2, 0.25) is 0 Å². The maximum atomic E-state index is 15.0. The maximum absolute atomic E-state index is 15.0. The summed E-state index contributed by atoms with van der Waals surface area (Å²) in [5.41, 5.74) is 2.26. The van der Waals surface area contributed by atoms with Crippen LogP contribution in [0.1, 0.15) is 29.7 Å². The molecule has 198 valence electrons. The van der Waals surface area contributed by atoms with Crippen LogP contribution in [0.4, 0.5) is 26.2 Å². The number of carbonyl (C=O) groups is 1. The normalized spacial score (nSPS) is 16.4. The fraction of sp³-hybridized carbons (Fsp3) is 0.296. The molecule has 0 aliphatic carbocycles. The zero-order valence-corrected chi connectivity index (χ0v) is 21.5. The predicted molar refractivity (Wildman–Crippen MR) is 139 cm³/mol. The van der Waals surface area contributed by atoms with E-state index in [4.69, 9.17) is 0 Å². The van der Waals surface area contributed by atoms with Crippen molar-refractivity contribution in [1.29, 1.82) is 0 Å². The number of hydrogen-bond donors (Lipinski definition) is 1. The SMILES string of the molecule is COC(=O)Cc1ccc(Nc2nc(N3CC=C(c4ccccc4F)CC3)nc3c2S(=O)(=O)CCC3)c(F)c1. The highest BCUT2D eigenvalue weighted by atomic mass is 32.2. The van der Waals surface area contributed by atoms with Crippen molar-refractivity contribution >= 4 is 38.8 Å². The third-order valence-corrected chi connectivity index (χ3v) is 8.51. The number of aromatic nitrogens is 2. The molecule has 3 heterocycles. The number of rotatable bonds is 6. The third-order valence-electron chi connectivity index (χ3n) is 6.64. The molecule has 0 atom stereocenters. The predicted octanol–water partition coefficient (Wildman–Crippen LogP) is 4.23. The quantitative estimate of drug-likeness (QED) is 0.464. The first-order valence-corrected chi connectivity index (χ1v) is 13.8. The number of nitrogens with one attached hydrogen (secondary N) is 1. The van der Waals surface area contributed by atoms with Gasteiger partial charge >= 0.3 is 5.97 Å². The summed E-state index contributed by atoms with van der Waals surface area (Å²) in [4.78, 5) is 22.5. The summed E-state index contributed by atoms with van der Waals surface area (Å²) in [7, 11) is -2.42. The molecule has 0 fully saturated rings. The minimum atomic E-state index is -3.67. The number of anilines is 3. The maximum Gasteiger partial charge on any atom is 0.309 e. The number of aryl methyl sites for hydroxylation is 1. The second kappa shape index (κ2) is 10.5. The van der Waals surface area contributed by atoms with E-state index < -0.39 is 21.6 Å². The third kappa shape index (κ3) is 5.24. The number of ether oxygens (including phenoxy) is 1. The van der Waals surface area contributed by atoms with Gasteiger partial charge in [0.15, 0.2) is 15.7 Å². The van der Waals surface area contributed by atoms with E-state index in [-0.39, 0.29) is 34.4 Å². The van der Waals surface area contributed by atoms with Gasteiger partial charge in [0.05, 0.1) is 30.7 Å². The highest BCUT2D eigenvalue weighted by molar-refractivity contribution is 7.91. The van der Waals surface area contributed by atoms with Crippen molar-refractivity contribution in [3.05, 3.63) is 77.0 Å². The Labute approximate surface area is 219 Å². The van der Waals surface area contributed by atoms with Crippen LogP contribution in [-0.4, -0.2) is 50.3 Å². The molecule has 0 unspecified atom stereocenters. The molecular weight excluding hydrogens is 514 g/mol. The number of halogens is 2. The van der Waals surface area contributed by atoms with Crippen LogP contribution in [-0.2, 0) is 32.2 Å². The van der Waals surface area contributed by atoms with E-state index in [0.29, 0.717) is 55.1 Å². The van der Waals surface area contributed by atoms with Crippen LogP contribution in [0.15, 0.2) is 53.4 Å². The van der Waals surface area contributed by atoms with Gasteiger partial charge in [-0.25, -0.2) is 22.2 Å². The van der Waals surface area contributed by atoms with Crippen molar-refractivity contribution in [2.75, 3.05) is 36.2 Å². The average molecular weight is 541 g/mol. The molecule has 2 aliphatic rings. The number of benzene rings is 2. The highest BCUT2D eigenvalue weighted by Gasteiger charge is 2.31. The lowest BCUT2D eigenvalue weighted by Gasteiger charge is -2.29. The lowest BCUT2D eigenvalue weighted by atomic mass is 9.99. The number of carbonyl (C=O) groups excluding carboxylic acids is 1. The Morgan fingerprint density at radius 3 is 2.63 bits per heavy atom. The highest BCUT2D eigenvalue weighted by Crippen LogP contribution is 2.35. The Kier molecular flexibility index (Phi) is 7.11. The van der Waals surface area contributed by atoms with E-state index in [1.54, 1.807) is 24.3 Å². The molecule has 8 nitrogen and oxygen atoms in total. The largest absolute Gasteiger partial charge is 0.469 e. The van der Waals surface area contributed by atoms with Crippen LogP contribution in [0.25, 0.3) is 5.57 Å². The zero-order valence-electron chi connectivity index (χ0n) is 20.7. The second-order valence-electron chi connectivity index (χ2n) is 9.17. The molecule has 0 saturated heterocycles. The van der Waals surface area contributed by atoms with E-state index in [2.05, 4.69) is 20.0 Å². The molecule has 11 heteroatoms. The molecule has 1 N–H and O–H groups in total. The van der Waals surface area contributed by atoms with Gasteiger partial charge in [-0.05, 0) is 48.6 Å². The molecule has 0 bridgehead atoms. The summed E-state index contributed by atoms with van der Waals surface area (Å²) in [6, 6.07) is 10.8. The second-order valence-corrected chi connectivity index (χ2v) is 11.2. The monoisotopic (exact) mass is 540 g/mol. The Hall–Kier alpha value is -3.86. The summed E-state index contributed by atoms with van der Waals surface area (Å²) < 4.78 is 59.8. The van der Waals surface area contributed by atoms with Gasteiger partial charge in [0.1, 0.15) is 16.5 Å². The van der Waals surface area contributed by atoms with Gasteiger partial charge in [-0.15, -0.1) is 0 Å². The smallest absolute Gasteiger partial charge is 0.309 e. The van der Waals surface area contributed by atoms with Crippen molar-refractivity contribution in [1.82, 2.24) is 9.97 Å². The topological polar surface area (TPSA) is 101 Å². The van der Waals surface area contributed by atoms with Crippen molar-refractivity contribution < 1.29 is 26.7 Å². The van der Waals surface area contributed by atoms with Crippen LogP contribution >= 0.6 is 0 Å². The molecule has 2 aromatic carbocycles. The molecule has 38 heavy (non-hydrogen) atoms. The van der Waals surface area contributed by atoms with E-state index in [1.807, 2.05) is 11.0 Å². The van der Waals surface area contributed by atoms with Crippen LogP contribution in [0, 0.1) is 11.6 Å². The minimum absolute atomic E-state index is 0.00759. The summed E-state index contributed by atoms with van der Waals surface area (Å²) in [5, 5.41) is 2.86. The number of fused-ring (bicyclic) bond motifs is 1. The molecule has 0 saturated carbocycles. The average Bonchev–Trinajstić information content (AvgIpc) is 2.90. The summed E-state index contributed by atoms with van der Waals surface area (Å²) >= 11 is 0. The standard InChI is InChI=1S/C27H26F2N4O4S/c1-37-24(34)16-17-8-9-22(21(29)15-17)30-26-25-23(7-4-14-38(25,35)36)31-27(32-26)33-12-10-18(11-13-33)19-5-2-3-6-20(19)28/h2-3,5-6,8-10,15H,4,7,11-14,16H2,1H3,(H,30,31,32). The number of sulfone groups is 1.